The maximum atomic E-state index is 12.7. The zero-order chi connectivity index (χ0) is 13.9. The van der Waals surface area contributed by atoms with Gasteiger partial charge in [-0.05, 0) is 23.6 Å². The van der Waals surface area contributed by atoms with E-state index in [4.69, 9.17) is 0 Å². The predicted octanol–water partition coefficient (Wildman–Crippen LogP) is 3.82. The Bertz CT molecular complexity index is 538. The van der Waals surface area contributed by atoms with Crippen molar-refractivity contribution in [1.29, 1.82) is 0 Å². The number of thiophene rings is 1. The topological polar surface area (TPSA) is 37.0 Å². The summed E-state index contributed by atoms with van der Waals surface area (Å²) in [5.74, 6) is 0.385. The second-order valence-corrected chi connectivity index (χ2v) is 4.84. The van der Waals surface area contributed by atoms with Crippen molar-refractivity contribution < 1.29 is 13.2 Å². The number of nitrogens with one attached hydrogen (secondary N) is 2. The van der Waals surface area contributed by atoms with Gasteiger partial charge in [-0.15, -0.1) is 11.3 Å². The standard InChI is InChI=1S/C12H12F3N3S/c1-16-10-5-8(12(13,14)15)6-11(18-10)17-7-9-3-2-4-19-9/h2-6H,7H2,1H3,(H2,16,17,18). The van der Waals surface area contributed by atoms with Crippen molar-refractivity contribution in [2.24, 2.45) is 0 Å². The minimum absolute atomic E-state index is 0.184. The van der Waals surface area contributed by atoms with Crippen molar-refractivity contribution in [1.82, 2.24) is 4.98 Å². The van der Waals surface area contributed by atoms with Gasteiger partial charge >= 0.3 is 6.18 Å². The van der Waals surface area contributed by atoms with Crippen molar-refractivity contribution >= 4 is 23.0 Å². The number of rotatable bonds is 4. The van der Waals surface area contributed by atoms with Gasteiger partial charge in [0, 0.05) is 11.9 Å². The van der Waals surface area contributed by atoms with E-state index in [2.05, 4.69) is 15.6 Å². The van der Waals surface area contributed by atoms with Gasteiger partial charge in [-0.3, -0.25) is 0 Å². The van der Waals surface area contributed by atoms with E-state index in [0.717, 1.165) is 17.0 Å². The summed E-state index contributed by atoms with van der Waals surface area (Å²) in [6.45, 7) is 0.454. The number of nitrogens with zero attached hydrogens (tertiary/aromatic N) is 1. The SMILES string of the molecule is CNc1cc(C(F)(F)F)cc(NCc2cccs2)n1. The van der Waals surface area contributed by atoms with Crippen LogP contribution in [0.1, 0.15) is 10.4 Å². The Labute approximate surface area is 112 Å². The largest absolute Gasteiger partial charge is 0.416 e. The van der Waals surface area contributed by atoms with Gasteiger partial charge in [0.1, 0.15) is 11.6 Å². The number of hydrogen-bond acceptors (Lipinski definition) is 4. The fourth-order valence-corrected chi connectivity index (χ4v) is 2.15. The summed E-state index contributed by atoms with van der Waals surface area (Å²) in [4.78, 5) is 5.08. The monoisotopic (exact) mass is 287 g/mol. The highest BCUT2D eigenvalue weighted by molar-refractivity contribution is 7.09. The molecule has 2 aromatic rings. The van der Waals surface area contributed by atoms with Crippen LogP contribution in [0.15, 0.2) is 29.6 Å². The minimum atomic E-state index is -4.38. The second kappa shape index (κ2) is 5.48. The highest BCUT2D eigenvalue weighted by Crippen LogP contribution is 2.32. The van der Waals surface area contributed by atoms with Crippen LogP contribution in [0.5, 0.6) is 0 Å². The number of pyridine rings is 1. The molecule has 0 bridgehead atoms. The van der Waals surface area contributed by atoms with Crippen LogP contribution in [0.2, 0.25) is 0 Å². The molecule has 0 aliphatic heterocycles. The molecule has 2 N–H and O–H groups in total. The van der Waals surface area contributed by atoms with Crippen molar-refractivity contribution in [3.8, 4) is 0 Å². The van der Waals surface area contributed by atoms with Crippen LogP contribution >= 0.6 is 11.3 Å². The first kappa shape index (κ1) is 13.7. The summed E-state index contributed by atoms with van der Waals surface area (Å²) in [6.07, 6.45) is -4.38. The fraction of sp³-hybridized carbons (Fsp3) is 0.250. The second-order valence-electron chi connectivity index (χ2n) is 3.81. The quantitative estimate of drug-likeness (QED) is 0.897. The molecule has 0 atom stereocenters. The molecule has 0 unspecified atom stereocenters. The van der Waals surface area contributed by atoms with Crippen LogP contribution in [-0.4, -0.2) is 12.0 Å². The van der Waals surface area contributed by atoms with Crippen molar-refractivity contribution in [2.45, 2.75) is 12.7 Å². The molecule has 2 rings (SSSR count). The third-order valence-corrected chi connectivity index (χ3v) is 3.31. The molecule has 2 heterocycles. The first-order valence-electron chi connectivity index (χ1n) is 5.52. The zero-order valence-electron chi connectivity index (χ0n) is 10.1. The molecule has 0 aliphatic carbocycles. The lowest BCUT2D eigenvalue weighted by Gasteiger charge is -2.12. The summed E-state index contributed by atoms with van der Waals surface area (Å²) in [5, 5.41) is 7.43. The molecule has 0 saturated heterocycles. The number of anilines is 2. The normalized spacial score (nSPS) is 11.4. The Morgan fingerprint density at radius 2 is 2.00 bits per heavy atom. The molecule has 19 heavy (non-hydrogen) atoms. The van der Waals surface area contributed by atoms with Gasteiger partial charge in [0.15, 0.2) is 0 Å². The highest BCUT2D eigenvalue weighted by atomic mass is 32.1. The Hall–Kier alpha value is -1.76. The van der Waals surface area contributed by atoms with E-state index in [-0.39, 0.29) is 11.6 Å². The molecule has 0 spiro atoms. The van der Waals surface area contributed by atoms with E-state index in [9.17, 15) is 13.2 Å². The van der Waals surface area contributed by atoms with Crippen LogP contribution in [0, 0.1) is 0 Å². The Kier molecular flexibility index (Phi) is 3.94. The average molecular weight is 287 g/mol. The summed E-state index contributed by atoms with van der Waals surface area (Å²) >= 11 is 1.53. The number of alkyl halides is 3. The van der Waals surface area contributed by atoms with Gasteiger partial charge in [0.2, 0.25) is 0 Å². The number of aromatic nitrogens is 1. The molecule has 0 aromatic carbocycles. The lowest BCUT2D eigenvalue weighted by atomic mass is 10.2. The van der Waals surface area contributed by atoms with Crippen LogP contribution in [0.4, 0.5) is 24.8 Å². The zero-order valence-corrected chi connectivity index (χ0v) is 10.9. The molecule has 102 valence electrons. The molecule has 3 nitrogen and oxygen atoms in total. The molecule has 0 amide bonds. The summed E-state index contributed by atoms with van der Waals surface area (Å²) < 4.78 is 38.1. The lowest BCUT2D eigenvalue weighted by molar-refractivity contribution is -0.137. The van der Waals surface area contributed by atoms with Crippen molar-refractivity contribution in [3.05, 3.63) is 40.1 Å². The van der Waals surface area contributed by atoms with Crippen LogP contribution in [0.3, 0.4) is 0 Å². The third kappa shape index (κ3) is 3.60. The smallest absolute Gasteiger partial charge is 0.373 e. The van der Waals surface area contributed by atoms with Crippen LogP contribution in [0.25, 0.3) is 0 Å². The molecule has 0 saturated carbocycles. The highest BCUT2D eigenvalue weighted by Gasteiger charge is 2.31. The van der Waals surface area contributed by atoms with Crippen LogP contribution in [-0.2, 0) is 12.7 Å². The first-order valence-corrected chi connectivity index (χ1v) is 6.40. The summed E-state index contributed by atoms with van der Waals surface area (Å²) in [5.41, 5.74) is -0.722. The van der Waals surface area contributed by atoms with Gasteiger partial charge in [-0.2, -0.15) is 13.2 Å². The van der Waals surface area contributed by atoms with Gasteiger partial charge < -0.3 is 10.6 Å². The van der Waals surface area contributed by atoms with E-state index >= 15 is 0 Å². The van der Waals surface area contributed by atoms with Gasteiger partial charge in [0.25, 0.3) is 0 Å². The Balaban J connectivity index is 2.19. The number of halogens is 3. The Morgan fingerprint density at radius 3 is 2.58 bits per heavy atom. The van der Waals surface area contributed by atoms with Gasteiger partial charge in [-0.1, -0.05) is 6.07 Å². The molecule has 2 aromatic heterocycles. The van der Waals surface area contributed by atoms with Gasteiger partial charge in [0.05, 0.1) is 12.1 Å². The average Bonchev–Trinajstić information content (AvgIpc) is 2.88. The Morgan fingerprint density at radius 1 is 1.26 bits per heavy atom. The molecule has 7 heteroatoms. The van der Waals surface area contributed by atoms with Gasteiger partial charge in [-0.25, -0.2) is 4.98 Å². The van der Waals surface area contributed by atoms with E-state index in [1.54, 1.807) is 0 Å². The van der Waals surface area contributed by atoms with Crippen LogP contribution < -0.4 is 10.6 Å². The van der Waals surface area contributed by atoms with Crippen molar-refractivity contribution in [3.63, 3.8) is 0 Å². The predicted molar refractivity (Wildman–Crippen MR) is 70.4 cm³/mol. The lowest BCUT2D eigenvalue weighted by Crippen LogP contribution is -2.09. The fourth-order valence-electron chi connectivity index (χ4n) is 1.50. The maximum absolute atomic E-state index is 12.7. The molecule has 0 fully saturated rings. The molecular weight excluding hydrogens is 275 g/mol. The summed E-state index contributed by atoms with van der Waals surface area (Å²) in [7, 11) is 1.53. The van der Waals surface area contributed by atoms with E-state index in [1.165, 1.54) is 18.4 Å². The molecule has 0 aliphatic rings. The third-order valence-electron chi connectivity index (χ3n) is 2.43. The van der Waals surface area contributed by atoms with Crippen molar-refractivity contribution in [2.75, 3.05) is 17.7 Å². The molecule has 0 radical (unpaired) electrons. The van der Waals surface area contributed by atoms with E-state index in [1.807, 2.05) is 17.5 Å². The van der Waals surface area contributed by atoms with E-state index in [0.29, 0.717) is 6.54 Å². The number of hydrogen-bond donors (Lipinski definition) is 2. The maximum Gasteiger partial charge on any atom is 0.416 e. The summed E-state index contributed by atoms with van der Waals surface area (Å²) in [6, 6.07) is 5.79. The first-order chi connectivity index (χ1) is 8.99. The molecular formula is C12H12F3N3S. The van der Waals surface area contributed by atoms with E-state index < -0.39 is 11.7 Å². The minimum Gasteiger partial charge on any atom is -0.373 e.